The average Bonchev–Trinajstić information content (AvgIpc) is 3.17. The number of aryl methyl sites for hydroxylation is 1. The molecule has 0 saturated heterocycles. The summed E-state index contributed by atoms with van der Waals surface area (Å²) in [6.07, 6.45) is 3.45. The van der Waals surface area contributed by atoms with Crippen molar-refractivity contribution in [1.29, 1.82) is 0 Å². The first-order valence-corrected chi connectivity index (χ1v) is 12.3. The molecule has 0 radical (unpaired) electrons. The van der Waals surface area contributed by atoms with E-state index < -0.39 is 21.3 Å². The second kappa shape index (κ2) is 9.59. The molecule has 2 aromatic heterocycles. The molecule has 25 heavy (non-hydrogen) atoms. The van der Waals surface area contributed by atoms with Gasteiger partial charge in [-0.05, 0) is 59.5 Å². The van der Waals surface area contributed by atoms with Crippen molar-refractivity contribution < 1.29 is 18.7 Å². The minimum Gasteiger partial charge on any atom is -0.375 e. The molecule has 5 nitrogen and oxygen atoms in total. The van der Waals surface area contributed by atoms with Gasteiger partial charge in [-0.2, -0.15) is 5.48 Å². The first kappa shape index (κ1) is 21.0. The van der Waals surface area contributed by atoms with Crippen LogP contribution in [0.3, 0.4) is 0 Å². The maximum absolute atomic E-state index is 11.6. The maximum atomic E-state index is 11.6. The molecule has 0 amide bonds. The highest BCUT2D eigenvalue weighted by Crippen LogP contribution is 2.36. The summed E-state index contributed by atoms with van der Waals surface area (Å²) in [6, 6.07) is 8.44. The Hall–Kier alpha value is -0.290. The molecule has 0 aliphatic carbocycles. The van der Waals surface area contributed by atoms with Gasteiger partial charge in [-0.15, -0.1) is 22.7 Å². The van der Waals surface area contributed by atoms with Crippen molar-refractivity contribution in [3.63, 3.8) is 0 Å². The molecule has 3 N–H and O–H groups in total. The summed E-state index contributed by atoms with van der Waals surface area (Å²) in [5.41, 5.74) is 1.63. The van der Waals surface area contributed by atoms with Gasteiger partial charge < -0.3 is 10.3 Å². The second-order valence-corrected chi connectivity index (χ2v) is 11.8. The zero-order valence-corrected chi connectivity index (χ0v) is 17.8. The first-order valence-electron chi connectivity index (χ1n) is 7.92. The van der Waals surface area contributed by atoms with Gasteiger partial charge in [0.15, 0.2) is 9.84 Å². The third-order valence-electron chi connectivity index (χ3n) is 3.92. The Morgan fingerprint density at radius 1 is 1.12 bits per heavy atom. The highest BCUT2D eigenvalue weighted by molar-refractivity contribution is 9.11. The number of rotatable bonds is 10. The highest BCUT2D eigenvalue weighted by atomic mass is 79.9. The van der Waals surface area contributed by atoms with Gasteiger partial charge in [0, 0.05) is 20.9 Å². The Bertz CT molecular complexity index is 772. The fraction of sp³-hybridized carbons (Fsp3) is 0.500. The highest BCUT2D eigenvalue weighted by Gasteiger charge is 2.27. The van der Waals surface area contributed by atoms with Gasteiger partial charge in [0.2, 0.25) is 0 Å². The molecule has 2 heterocycles. The maximum Gasteiger partial charge on any atom is 0.154 e. The van der Waals surface area contributed by atoms with E-state index in [1.165, 1.54) is 14.6 Å². The summed E-state index contributed by atoms with van der Waals surface area (Å²) in [5.74, 6) is 0. The molecule has 2 atom stereocenters. The number of hydrogen-bond donors (Lipinski definition) is 3. The van der Waals surface area contributed by atoms with Crippen molar-refractivity contribution in [2.45, 2.75) is 43.6 Å². The van der Waals surface area contributed by atoms with Gasteiger partial charge in [-0.1, -0.05) is 12.8 Å². The van der Waals surface area contributed by atoms with E-state index in [9.17, 15) is 13.5 Å². The summed E-state index contributed by atoms with van der Waals surface area (Å²) in [5, 5.41) is 17.3. The van der Waals surface area contributed by atoms with Crippen LogP contribution in [0.2, 0.25) is 0 Å². The monoisotopic (exact) mass is 467 g/mol. The average molecular weight is 468 g/mol. The quantitative estimate of drug-likeness (QED) is 0.278. The van der Waals surface area contributed by atoms with Crippen LogP contribution in [0, 0.1) is 0 Å². The van der Waals surface area contributed by atoms with Crippen molar-refractivity contribution in [2.24, 2.45) is 0 Å². The van der Waals surface area contributed by atoms with Crippen LogP contribution in [0.25, 0.3) is 9.75 Å². The topological polar surface area (TPSA) is 86.6 Å². The fourth-order valence-electron chi connectivity index (χ4n) is 2.60. The predicted octanol–water partition coefficient (Wildman–Crippen LogP) is 4.05. The van der Waals surface area contributed by atoms with Crippen LogP contribution >= 0.6 is 38.6 Å². The summed E-state index contributed by atoms with van der Waals surface area (Å²) in [7, 11) is -3.41. The molecular weight excluding hydrogens is 446 g/mol. The first-order chi connectivity index (χ1) is 11.8. The normalized spacial score (nSPS) is 14.6. The van der Waals surface area contributed by atoms with Gasteiger partial charge in [0.1, 0.15) is 11.5 Å². The van der Waals surface area contributed by atoms with Crippen LogP contribution < -0.4 is 5.48 Å². The summed E-state index contributed by atoms with van der Waals surface area (Å²) in [4.78, 5) is 3.83. The number of aliphatic hydroxyl groups excluding tert-OH is 1. The van der Waals surface area contributed by atoms with Crippen molar-refractivity contribution in [2.75, 3.05) is 6.26 Å². The summed E-state index contributed by atoms with van der Waals surface area (Å²) in [6.45, 7) is 0. The van der Waals surface area contributed by atoms with Crippen molar-refractivity contribution in [3.05, 3.63) is 32.9 Å². The number of sulfone groups is 1. The van der Waals surface area contributed by atoms with Crippen molar-refractivity contribution in [3.8, 4) is 9.75 Å². The SMILES string of the molecule is CS(=O)(=O)C(CCCCCc1ccc(-c2ccc(Br)s2)s1)C(O)NO. The van der Waals surface area contributed by atoms with E-state index in [0.29, 0.717) is 12.8 Å². The predicted molar refractivity (Wildman–Crippen MR) is 107 cm³/mol. The molecular formula is C16H22BrNO4S3. The Balaban J connectivity index is 1.77. The minimum atomic E-state index is -3.41. The Morgan fingerprint density at radius 2 is 1.80 bits per heavy atom. The molecule has 0 fully saturated rings. The lowest BCUT2D eigenvalue weighted by Gasteiger charge is -2.19. The molecule has 2 aromatic rings. The largest absolute Gasteiger partial charge is 0.375 e. The lowest BCUT2D eigenvalue weighted by Crippen LogP contribution is -2.42. The van der Waals surface area contributed by atoms with E-state index in [-0.39, 0.29) is 0 Å². The van der Waals surface area contributed by atoms with E-state index in [2.05, 4.69) is 34.1 Å². The molecule has 9 heteroatoms. The fourth-order valence-corrected chi connectivity index (χ4v) is 6.25. The number of thiophene rings is 2. The Kier molecular flexibility index (Phi) is 8.06. The molecule has 140 valence electrons. The molecule has 0 aromatic carbocycles. The molecule has 2 unspecified atom stereocenters. The number of aliphatic hydroxyl groups is 1. The van der Waals surface area contributed by atoms with Gasteiger partial charge in [0.25, 0.3) is 0 Å². The standard InChI is InChI=1S/C16H22BrNO4S3/c1-25(21,22)14(16(19)18-20)6-4-2-3-5-11-7-8-12(23-11)13-9-10-15(17)24-13/h7-10,14,16,18-20H,2-6H2,1H3. The van der Waals surface area contributed by atoms with E-state index in [1.807, 2.05) is 6.07 Å². The van der Waals surface area contributed by atoms with Crippen LogP contribution in [-0.4, -0.2) is 36.5 Å². The third kappa shape index (κ3) is 6.42. The lowest BCUT2D eigenvalue weighted by molar-refractivity contribution is -0.00153. The van der Waals surface area contributed by atoms with Crippen LogP contribution in [0.15, 0.2) is 28.1 Å². The van der Waals surface area contributed by atoms with E-state index in [4.69, 9.17) is 5.21 Å². The molecule has 0 aliphatic rings. The smallest absolute Gasteiger partial charge is 0.154 e. The lowest BCUT2D eigenvalue weighted by atomic mass is 10.1. The Labute approximate surface area is 164 Å². The number of hydroxylamine groups is 1. The number of halogens is 1. The number of unbranched alkanes of at least 4 members (excludes halogenated alkanes) is 2. The zero-order chi connectivity index (χ0) is 18.4. The van der Waals surface area contributed by atoms with Gasteiger partial charge in [-0.3, -0.25) is 0 Å². The summed E-state index contributed by atoms with van der Waals surface area (Å²) >= 11 is 6.98. The summed E-state index contributed by atoms with van der Waals surface area (Å²) < 4.78 is 24.4. The molecule has 0 spiro atoms. The Morgan fingerprint density at radius 3 is 2.40 bits per heavy atom. The second-order valence-electron chi connectivity index (χ2n) is 5.91. The van der Waals surface area contributed by atoms with Crippen molar-refractivity contribution in [1.82, 2.24) is 5.48 Å². The third-order valence-corrected chi connectivity index (χ3v) is 8.48. The van der Waals surface area contributed by atoms with Gasteiger partial charge in [-0.25, -0.2) is 8.42 Å². The molecule has 0 aliphatic heterocycles. The van der Waals surface area contributed by atoms with Gasteiger partial charge in [0.05, 0.1) is 3.79 Å². The number of hydrogen-bond acceptors (Lipinski definition) is 7. The van der Waals surface area contributed by atoms with E-state index in [1.54, 1.807) is 28.2 Å². The van der Waals surface area contributed by atoms with E-state index in [0.717, 1.165) is 29.3 Å². The van der Waals surface area contributed by atoms with Crippen LogP contribution in [0.5, 0.6) is 0 Å². The molecule has 0 bridgehead atoms. The van der Waals surface area contributed by atoms with Crippen LogP contribution in [0.4, 0.5) is 0 Å². The van der Waals surface area contributed by atoms with Crippen LogP contribution in [-0.2, 0) is 16.3 Å². The minimum absolute atomic E-state index is 0.326. The molecule has 2 rings (SSSR count). The zero-order valence-electron chi connectivity index (χ0n) is 13.8. The van der Waals surface area contributed by atoms with Crippen LogP contribution in [0.1, 0.15) is 30.6 Å². The van der Waals surface area contributed by atoms with Gasteiger partial charge >= 0.3 is 0 Å². The van der Waals surface area contributed by atoms with E-state index >= 15 is 0 Å². The van der Waals surface area contributed by atoms with Crippen molar-refractivity contribution >= 4 is 48.4 Å². The molecule has 0 saturated carbocycles. The number of nitrogens with one attached hydrogen (secondary N) is 1.